The zero-order valence-electron chi connectivity index (χ0n) is 15.4. The highest BCUT2D eigenvalue weighted by Gasteiger charge is 2.25. The summed E-state index contributed by atoms with van der Waals surface area (Å²) in [7, 11) is 0. The number of thiazole rings is 1. The predicted octanol–water partition coefficient (Wildman–Crippen LogP) is 3.48. The van der Waals surface area contributed by atoms with Crippen LogP contribution >= 0.6 is 11.3 Å². The second kappa shape index (κ2) is 8.56. The summed E-state index contributed by atoms with van der Waals surface area (Å²) in [5.74, 6) is -1.08. The fourth-order valence-electron chi connectivity index (χ4n) is 2.85. The highest BCUT2D eigenvalue weighted by molar-refractivity contribution is 7.09. The molecular formula is C19H23FN4O2S. The maximum Gasteiger partial charge on any atom is 0.270 e. The molecule has 2 aromatic heterocycles. The van der Waals surface area contributed by atoms with E-state index in [0.717, 1.165) is 25.5 Å². The van der Waals surface area contributed by atoms with Gasteiger partial charge in [0.25, 0.3) is 11.8 Å². The minimum Gasteiger partial charge on any atom is -0.348 e. The highest BCUT2D eigenvalue weighted by atomic mass is 32.1. The Morgan fingerprint density at radius 2 is 2.11 bits per heavy atom. The molecule has 0 spiro atoms. The quantitative estimate of drug-likeness (QED) is 0.758. The van der Waals surface area contributed by atoms with Crippen molar-refractivity contribution in [3.8, 4) is 0 Å². The first kappa shape index (κ1) is 19.4. The highest BCUT2D eigenvalue weighted by Crippen LogP contribution is 2.26. The lowest BCUT2D eigenvalue weighted by Gasteiger charge is -2.25. The molecule has 2 aromatic rings. The molecule has 2 amide bonds. The van der Waals surface area contributed by atoms with Crippen molar-refractivity contribution in [1.82, 2.24) is 20.6 Å². The van der Waals surface area contributed by atoms with Crippen molar-refractivity contribution in [3.05, 3.63) is 45.9 Å². The van der Waals surface area contributed by atoms with Crippen LogP contribution in [0.1, 0.15) is 71.4 Å². The zero-order valence-corrected chi connectivity index (χ0v) is 16.2. The van der Waals surface area contributed by atoms with Gasteiger partial charge in [-0.05, 0) is 37.7 Å². The van der Waals surface area contributed by atoms with Crippen molar-refractivity contribution in [2.24, 2.45) is 5.92 Å². The van der Waals surface area contributed by atoms with Crippen molar-refractivity contribution in [1.29, 1.82) is 0 Å². The average Bonchev–Trinajstić information content (AvgIpc) is 3.07. The molecule has 2 N–H and O–H groups in total. The Kier molecular flexibility index (Phi) is 6.15. The van der Waals surface area contributed by atoms with Gasteiger partial charge in [-0.2, -0.15) is 0 Å². The molecule has 0 radical (unpaired) electrons. The SMILES string of the molecule is CC(C)C[C@@H](NC(=O)c1ccncc1F)c1nc(C(=O)NC2CCC2)cs1. The maximum atomic E-state index is 13.8. The molecular weight excluding hydrogens is 367 g/mol. The lowest BCUT2D eigenvalue weighted by molar-refractivity contribution is 0.0911. The minimum atomic E-state index is -0.669. The largest absolute Gasteiger partial charge is 0.348 e. The van der Waals surface area contributed by atoms with E-state index in [1.165, 1.54) is 23.6 Å². The van der Waals surface area contributed by atoms with E-state index in [-0.39, 0.29) is 29.5 Å². The van der Waals surface area contributed by atoms with E-state index in [0.29, 0.717) is 17.1 Å². The molecule has 1 aliphatic carbocycles. The minimum absolute atomic E-state index is 0.0572. The second-order valence-corrected chi connectivity index (χ2v) is 8.07. The molecule has 27 heavy (non-hydrogen) atoms. The summed E-state index contributed by atoms with van der Waals surface area (Å²) in [4.78, 5) is 32.9. The predicted molar refractivity (Wildman–Crippen MR) is 101 cm³/mol. The molecule has 1 aliphatic rings. The van der Waals surface area contributed by atoms with Crippen LogP contribution in [0.25, 0.3) is 0 Å². The molecule has 1 atom stereocenters. The lowest BCUT2D eigenvalue weighted by Crippen LogP contribution is -2.39. The van der Waals surface area contributed by atoms with Gasteiger partial charge < -0.3 is 10.6 Å². The maximum absolute atomic E-state index is 13.8. The number of hydrogen-bond acceptors (Lipinski definition) is 5. The number of amides is 2. The molecule has 0 aromatic carbocycles. The van der Waals surface area contributed by atoms with Crippen molar-refractivity contribution in [3.63, 3.8) is 0 Å². The summed E-state index contributed by atoms with van der Waals surface area (Å²) in [5.41, 5.74) is 0.304. The van der Waals surface area contributed by atoms with Gasteiger partial charge in [0.15, 0.2) is 5.82 Å². The zero-order chi connectivity index (χ0) is 19.4. The second-order valence-electron chi connectivity index (χ2n) is 7.18. The molecule has 0 bridgehead atoms. The normalized spacial score (nSPS) is 15.3. The Labute approximate surface area is 161 Å². The summed E-state index contributed by atoms with van der Waals surface area (Å²) in [6.07, 6.45) is 6.18. The summed E-state index contributed by atoms with van der Waals surface area (Å²) in [5, 5.41) is 8.16. The topological polar surface area (TPSA) is 84.0 Å². The monoisotopic (exact) mass is 390 g/mol. The van der Waals surface area contributed by atoms with Crippen molar-refractivity contribution >= 4 is 23.2 Å². The van der Waals surface area contributed by atoms with E-state index in [4.69, 9.17) is 0 Å². The Hall–Kier alpha value is -2.35. The van der Waals surface area contributed by atoms with Crippen LogP contribution in [0, 0.1) is 11.7 Å². The summed E-state index contributed by atoms with van der Waals surface area (Å²) < 4.78 is 13.8. The smallest absolute Gasteiger partial charge is 0.270 e. The molecule has 6 nitrogen and oxygen atoms in total. The van der Waals surface area contributed by atoms with E-state index < -0.39 is 11.7 Å². The van der Waals surface area contributed by atoms with Gasteiger partial charge in [-0.25, -0.2) is 9.37 Å². The molecule has 0 aliphatic heterocycles. The molecule has 1 saturated carbocycles. The van der Waals surface area contributed by atoms with Crippen LogP contribution in [0.2, 0.25) is 0 Å². The van der Waals surface area contributed by atoms with Crippen LogP contribution in [0.4, 0.5) is 4.39 Å². The van der Waals surface area contributed by atoms with Crippen molar-refractivity contribution < 1.29 is 14.0 Å². The van der Waals surface area contributed by atoms with Crippen LogP contribution in [0.15, 0.2) is 23.8 Å². The van der Waals surface area contributed by atoms with Crippen molar-refractivity contribution in [2.75, 3.05) is 0 Å². The van der Waals surface area contributed by atoms with Gasteiger partial charge in [0, 0.05) is 17.6 Å². The number of carbonyl (C=O) groups excluding carboxylic acids is 2. The number of nitrogens with one attached hydrogen (secondary N) is 2. The molecule has 0 unspecified atom stereocenters. The third-order valence-electron chi connectivity index (χ3n) is 4.52. The average molecular weight is 390 g/mol. The van der Waals surface area contributed by atoms with Gasteiger partial charge in [0.05, 0.1) is 17.8 Å². The Balaban J connectivity index is 1.73. The molecule has 144 valence electrons. The Morgan fingerprint density at radius 3 is 2.74 bits per heavy atom. The number of pyridine rings is 1. The van der Waals surface area contributed by atoms with E-state index in [9.17, 15) is 14.0 Å². The van der Waals surface area contributed by atoms with Gasteiger partial charge in [-0.15, -0.1) is 11.3 Å². The fourth-order valence-corrected chi connectivity index (χ4v) is 3.71. The number of halogens is 1. The molecule has 1 fully saturated rings. The standard InChI is InChI=1S/C19H23FN4O2S/c1-11(2)8-15(23-17(25)13-6-7-21-9-14(13)20)19-24-16(10-27-19)18(26)22-12-4-3-5-12/h6-7,9-12,15H,3-5,8H2,1-2H3,(H,22,26)(H,23,25)/t15-/m1/s1. The van der Waals surface area contributed by atoms with Crippen LogP contribution in [-0.2, 0) is 0 Å². The van der Waals surface area contributed by atoms with Crippen LogP contribution in [0.5, 0.6) is 0 Å². The van der Waals surface area contributed by atoms with Gasteiger partial charge >= 0.3 is 0 Å². The van der Waals surface area contributed by atoms with Gasteiger partial charge in [-0.1, -0.05) is 13.8 Å². The first-order valence-electron chi connectivity index (χ1n) is 9.10. The lowest BCUT2D eigenvalue weighted by atomic mass is 9.93. The molecule has 2 heterocycles. The van der Waals surface area contributed by atoms with Gasteiger partial charge in [0.1, 0.15) is 10.7 Å². The summed E-state index contributed by atoms with van der Waals surface area (Å²) in [6, 6.07) is 1.19. The first-order chi connectivity index (χ1) is 12.9. The number of rotatable bonds is 7. The first-order valence-corrected chi connectivity index (χ1v) is 9.98. The van der Waals surface area contributed by atoms with Gasteiger partial charge in [0.2, 0.25) is 0 Å². The molecule has 0 saturated heterocycles. The number of aromatic nitrogens is 2. The van der Waals surface area contributed by atoms with Crippen molar-refractivity contribution in [2.45, 2.75) is 51.6 Å². The number of carbonyl (C=O) groups is 2. The third kappa shape index (κ3) is 4.88. The molecule has 8 heteroatoms. The van der Waals surface area contributed by atoms with E-state index in [1.54, 1.807) is 5.38 Å². The Bertz CT molecular complexity index is 820. The number of hydrogen-bond donors (Lipinski definition) is 2. The summed E-state index contributed by atoms with van der Waals surface area (Å²) in [6.45, 7) is 4.06. The molecule has 3 rings (SSSR count). The fraction of sp³-hybridized carbons (Fsp3) is 0.474. The van der Waals surface area contributed by atoms with E-state index in [2.05, 4.69) is 20.6 Å². The number of nitrogens with zero attached hydrogens (tertiary/aromatic N) is 2. The van der Waals surface area contributed by atoms with E-state index >= 15 is 0 Å². The van der Waals surface area contributed by atoms with Crippen LogP contribution in [-0.4, -0.2) is 27.8 Å². The Morgan fingerprint density at radius 1 is 1.33 bits per heavy atom. The third-order valence-corrected chi connectivity index (χ3v) is 5.48. The van der Waals surface area contributed by atoms with Crippen LogP contribution in [0.3, 0.4) is 0 Å². The summed E-state index contributed by atoms with van der Waals surface area (Å²) >= 11 is 1.33. The van der Waals surface area contributed by atoms with Crippen LogP contribution < -0.4 is 10.6 Å². The van der Waals surface area contributed by atoms with E-state index in [1.807, 2.05) is 13.8 Å². The van der Waals surface area contributed by atoms with Gasteiger partial charge in [-0.3, -0.25) is 14.6 Å².